The first-order chi connectivity index (χ1) is 9.72. The fourth-order valence-corrected chi connectivity index (χ4v) is 1.65. The SMILES string of the molecule is CCCOc1ccc(CO)c(OCc2noc(C)n2)c1. The van der Waals surface area contributed by atoms with Crippen molar-refractivity contribution >= 4 is 0 Å². The van der Waals surface area contributed by atoms with Crippen LogP contribution in [0, 0.1) is 6.92 Å². The molecule has 0 radical (unpaired) electrons. The summed E-state index contributed by atoms with van der Waals surface area (Å²) in [7, 11) is 0. The van der Waals surface area contributed by atoms with Crippen LogP contribution in [-0.2, 0) is 13.2 Å². The largest absolute Gasteiger partial charge is 0.493 e. The topological polar surface area (TPSA) is 77.6 Å². The summed E-state index contributed by atoms with van der Waals surface area (Å²) in [6.45, 7) is 4.48. The lowest BCUT2D eigenvalue weighted by molar-refractivity contribution is 0.250. The molecule has 0 atom stereocenters. The van der Waals surface area contributed by atoms with Gasteiger partial charge < -0.3 is 19.1 Å². The average molecular weight is 278 g/mol. The van der Waals surface area contributed by atoms with Gasteiger partial charge in [-0.15, -0.1) is 0 Å². The molecule has 0 aliphatic rings. The maximum atomic E-state index is 9.32. The Labute approximate surface area is 117 Å². The zero-order valence-electron chi connectivity index (χ0n) is 11.6. The van der Waals surface area contributed by atoms with Gasteiger partial charge in [0, 0.05) is 18.6 Å². The highest BCUT2D eigenvalue weighted by atomic mass is 16.5. The minimum absolute atomic E-state index is 0.103. The molecule has 0 bridgehead atoms. The lowest BCUT2D eigenvalue weighted by Gasteiger charge is -2.11. The van der Waals surface area contributed by atoms with Gasteiger partial charge in [0.2, 0.25) is 11.7 Å². The van der Waals surface area contributed by atoms with Crippen molar-refractivity contribution in [2.24, 2.45) is 0 Å². The molecule has 1 heterocycles. The Balaban J connectivity index is 2.07. The van der Waals surface area contributed by atoms with Crippen LogP contribution in [0.1, 0.15) is 30.6 Å². The summed E-state index contributed by atoms with van der Waals surface area (Å²) in [5.41, 5.74) is 0.689. The summed E-state index contributed by atoms with van der Waals surface area (Å²) in [6.07, 6.45) is 0.931. The van der Waals surface area contributed by atoms with E-state index < -0.39 is 0 Å². The summed E-state index contributed by atoms with van der Waals surface area (Å²) in [4.78, 5) is 4.06. The number of rotatable bonds is 7. The van der Waals surface area contributed by atoms with E-state index in [-0.39, 0.29) is 13.2 Å². The summed E-state index contributed by atoms with van der Waals surface area (Å²) < 4.78 is 16.0. The van der Waals surface area contributed by atoms with Crippen molar-refractivity contribution in [2.75, 3.05) is 6.61 Å². The maximum Gasteiger partial charge on any atom is 0.223 e. The maximum absolute atomic E-state index is 9.32. The van der Waals surface area contributed by atoms with Crippen LogP contribution in [0.3, 0.4) is 0 Å². The Bertz CT molecular complexity index is 554. The average Bonchev–Trinajstić information content (AvgIpc) is 2.88. The van der Waals surface area contributed by atoms with Gasteiger partial charge in [0.15, 0.2) is 6.61 Å². The minimum atomic E-state index is -0.103. The van der Waals surface area contributed by atoms with Crippen molar-refractivity contribution < 1.29 is 19.1 Å². The predicted molar refractivity (Wildman–Crippen MR) is 71.5 cm³/mol. The van der Waals surface area contributed by atoms with Gasteiger partial charge in [-0.3, -0.25) is 0 Å². The van der Waals surface area contributed by atoms with E-state index in [0.29, 0.717) is 35.4 Å². The number of benzene rings is 1. The molecule has 0 saturated heterocycles. The van der Waals surface area contributed by atoms with Gasteiger partial charge in [-0.2, -0.15) is 4.98 Å². The Kier molecular flexibility index (Phi) is 4.95. The van der Waals surface area contributed by atoms with Crippen LogP contribution in [0.2, 0.25) is 0 Å². The fourth-order valence-electron chi connectivity index (χ4n) is 1.65. The first-order valence-corrected chi connectivity index (χ1v) is 6.51. The van der Waals surface area contributed by atoms with Crippen LogP contribution in [0.25, 0.3) is 0 Å². The molecule has 1 N–H and O–H groups in total. The number of aryl methyl sites for hydroxylation is 1. The molecule has 2 aromatic rings. The van der Waals surface area contributed by atoms with E-state index in [9.17, 15) is 5.11 Å². The molecular weight excluding hydrogens is 260 g/mol. The second-order valence-electron chi connectivity index (χ2n) is 4.29. The van der Waals surface area contributed by atoms with Crippen molar-refractivity contribution in [1.82, 2.24) is 10.1 Å². The van der Waals surface area contributed by atoms with E-state index in [2.05, 4.69) is 10.1 Å². The summed E-state index contributed by atoms with van der Waals surface area (Å²) >= 11 is 0. The van der Waals surface area contributed by atoms with Gasteiger partial charge >= 0.3 is 0 Å². The fraction of sp³-hybridized carbons (Fsp3) is 0.429. The molecule has 0 fully saturated rings. The molecule has 108 valence electrons. The molecule has 0 aliphatic heterocycles. The number of ether oxygens (including phenoxy) is 2. The third kappa shape index (κ3) is 3.71. The Hall–Kier alpha value is -2.08. The van der Waals surface area contributed by atoms with E-state index in [1.54, 1.807) is 19.1 Å². The Morgan fingerprint density at radius 3 is 2.80 bits per heavy atom. The van der Waals surface area contributed by atoms with E-state index >= 15 is 0 Å². The Morgan fingerprint density at radius 2 is 2.15 bits per heavy atom. The standard InChI is InChI=1S/C14H18N2O4/c1-3-6-18-12-5-4-11(8-17)13(7-12)19-9-14-15-10(2)20-16-14/h4-5,7,17H,3,6,8-9H2,1-2H3. The molecule has 0 unspecified atom stereocenters. The normalized spacial score (nSPS) is 10.6. The summed E-state index contributed by atoms with van der Waals surface area (Å²) in [5.74, 6) is 2.23. The van der Waals surface area contributed by atoms with Crippen LogP contribution in [0.4, 0.5) is 0 Å². The van der Waals surface area contributed by atoms with Gasteiger partial charge in [0.25, 0.3) is 0 Å². The summed E-state index contributed by atoms with van der Waals surface area (Å²) in [5, 5.41) is 13.1. The van der Waals surface area contributed by atoms with Crippen molar-refractivity contribution in [2.45, 2.75) is 33.5 Å². The molecule has 0 amide bonds. The minimum Gasteiger partial charge on any atom is -0.493 e. The highest BCUT2D eigenvalue weighted by Gasteiger charge is 2.08. The van der Waals surface area contributed by atoms with E-state index in [1.807, 2.05) is 13.0 Å². The molecule has 0 saturated carbocycles. The zero-order chi connectivity index (χ0) is 14.4. The zero-order valence-corrected chi connectivity index (χ0v) is 11.6. The molecule has 0 spiro atoms. The lowest BCUT2D eigenvalue weighted by Crippen LogP contribution is -2.02. The molecule has 6 nitrogen and oxygen atoms in total. The number of hydrogen-bond donors (Lipinski definition) is 1. The molecule has 6 heteroatoms. The third-order valence-corrected chi connectivity index (χ3v) is 2.61. The van der Waals surface area contributed by atoms with Crippen molar-refractivity contribution in [3.05, 3.63) is 35.5 Å². The molecular formula is C14H18N2O4. The summed E-state index contributed by atoms with van der Waals surface area (Å²) in [6, 6.07) is 5.35. The monoisotopic (exact) mass is 278 g/mol. The van der Waals surface area contributed by atoms with E-state index in [1.165, 1.54) is 0 Å². The smallest absolute Gasteiger partial charge is 0.223 e. The first-order valence-electron chi connectivity index (χ1n) is 6.51. The highest BCUT2D eigenvalue weighted by Crippen LogP contribution is 2.25. The third-order valence-electron chi connectivity index (χ3n) is 2.61. The van der Waals surface area contributed by atoms with Crippen LogP contribution in [0.5, 0.6) is 11.5 Å². The van der Waals surface area contributed by atoms with Crippen LogP contribution < -0.4 is 9.47 Å². The van der Waals surface area contributed by atoms with Crippen LogP contribution >= 0.6 is 0 Å². The van der Waals surface area contributed by atoms with Gasteiger partial charge in [-0.25, -0.2) is 0 Å². The second kappa shape index (κ2) is 6.91. The molecule has 2 rings (SSSR count). The molecule has 1 aromatic heterocycles. The van der Waals surface area contributed by atoms with Crippen LogP contribution in [-0.4, -0.2) is 21.9 Å². The van der Waals surface area contributed by atoms with Gasteiger partial charge in [-0.1, -0.05) is 12.1 Å². The lowest BCUT2D eigenvalue weighted by atomic mass is 10.2. The van der Waals surface area contributed by atoms with Crippen LogP contribution in [0.15, 0.2) is 22.7 Å². The van der Waals surface area contributed by atoms with E-state index in [4.69, 9.17) is 14.0 Å². The molecule has 20 heavy (non-hydrogen) atoms. The molecule has 1 aromatic carbocycles. The van der Waals surface area contributed by atoms with Crippen molar-refractivity contribution in [1.29, 1.82) is 0 Å². The molecule has 0 aliphatic carbocycles. The number of aliphatic hydroxyl groups is 1. The van der Waals surface area contributed by atoms with Gasteiger partial charge in [0.1, 0.15) is 11.5 Å². The van der Waals surface area contributed by atoms with E-state index in [0.717, 1.165) is 6.42 Å². The number of aliphatic hydroxyl groups excluding tert-OH is 1. The Morgan fingerprint density at radius 1 is 1.30 bits per heavy atom. The first kappa shape index (κ1) is 14.3. The van der Waals surface area contributed by atoms with Crippen molar-refractivity contribution in [3.8, 4) is 11.5 Å². The second-order valence-corrected chi connectivity index (χ2v) is 4.29. The van der Waals surface area contributed by atoms with Gasteiger partial charge in [0.05, 0.1) is 13.2 Å². The quantitative estimate of drug-likeness (QED) is 0.837. The predicted octanol–water partition coefficient (Wildman–Crippen LogP) is 2.24. The number of hydrogen-bond acceptors (Lipinski definition) is 6. The number of nitrogens with zero attached hydrogens (tertiary/aromatic N) is 2. The highest BCUT2D eigenvalue weighted by molar-refractivity contribution is 5.40. The van der Waals surface area contributed by atoms with Gasteiger partial charge in [-0.05, 0) is 18.6 Å². The van der Waals surface area contributed by atoms with Crippen molar-refractivity contribution in [3.63, 3.8) is 0 Å². The number of aromatic nitrogens is 2.